The molecule has 0 atom stereocenters. The van der Waals surface area contributed by atoms with Gasteiger partial charge in [-0.05, 0) is 37.1 Å². The van der Waals surface area contributed by atoms with Crippen molar-refractivity contribution in [3.05, 3.63) is 24.3 Å². The molecule has 1 aliphatic rings. The second kappa shape index (κ2) is 8.03. The van der Waals surface area contributed by atoms with Crippen molar-refractivity contribution in [3.63, 3.8) is 0 Å². The first-order valence-electron chi connectivity index (χ1n) is 8.39. The molecule has 0 aliphatic heterocycles. The van der Waals surface area contributed by atoms with Crippen molar-refractivity contribution in [2.75, 3.05) is 24.7 Å². The highest BCUT2D eigenvalue weighted by Gasteiger charge is 2.36. The molecule has 0 heterocycles. The molecule has 1 aromatic carbocycles. The average molecular weight is 391 g/mol. The van der Waals surface area contributed by atoms with Crippen LogP contribution in [0, 0.1) is 0 Å². The monoisotopic (exact) mass is 390 g/mol. The topological polar surface area (TPSA) is 116 Å². The number of benzene rings is 1. The number of nitrogens with two attached hydrogens (primary N) is 1. The summed E-state index contributed by atoms with van der Waals surface area (Å²) >= 11 is 0. The summed E-state index contributed by atoms with van der Waals surface area (Å²) in [5.74, 6) is 0.436. The van der Waals surface area contributed by atoms with Crippen LogP contribution in [-0.2, 0) is 19.9 Å². The van der Waals surface area contributed by atoms with E-state index in [2.05, 4.69) is 4.72 Å². The van der Waals surface area contributed by atoms with Crippen LogP contribution in [0.15, 0.2) is 29.2 Å². The van der Waals surface area contributed by atoms with Crippen molar-refractivity contribution in [1.82, 2.24) is 4.72 Å². The van der Waals surface area contributed by atoms with E-state index in [-0.39, 0.29) is 29.6 Å². The molecule has 0 aromatic heterocycles. The van der Waals surface area contributed by atoms with Crippen LogP contribution in [0.4, 0.5) is 0 Å². The summed E-state index contributed by atoms with van der Waals surface area (Å²) in [5.41, 5.74) is 5.23. The lowest BCUT2D eigenvalue weighted by atomic mass is 10.0. The number of hydrogen-bond acceptors (Lipinski definition) is 6. The van der Waals surface area contributed by atoms with E-state index in [0.717, 1.165) is 25.7 Å². The van der Waals surface area contributed by atoms with Gasteiger partial charge in [0.05, 0.1) is 10.6 Å². The molecule has 1 fully saturated rings. The van der Waals surface area contributed by atoms with Gasteiger partial charge in [0.2, 0.25) is 10.0 Å². The van der Waals surface area contributed by atoms with Crippen molar-refractivity contribution < 1.29 is 21.6 Å². The molecular weight excluding hydrogens is 364 g/mol. The minimum Gasteiger partial charge on any atom is -0.493 e. The molecule has 0 radical (unpaired) electrons. The zero-order valence-corrected chi connectivity index (χ0v) is 16.0. The van der Waals surface area contributed by atoms with Gasteiger partial charge in [-0.15, -0.1) is 0 Å². The molecule has 9 heteroatoms. The van der Waals surface area contributed by atoms with E-state index in [1.807, 2.05) is 0 Å². The van der Waals surface area contributed by atoms with Crippen molar-refractivity contribution in [3.8, 4) is 5.75 Å². The van der Waals surface area contributed by atoms with Crippen LogP contribution >= 0.6 is 0 Å². The number of ether oxygens (including phenoxy) is 1. The Balaban J connectivity index is 2.01. The summed E-state index contributed by atoms with van der Waals surface area (Å²) in [6, 6.07) is 5.95. The summed E-state index contributed by atoms with van der Waals surface area (Å²) in [6.45, 7) is 1.90. The average Bonchev–Trinajstić information content (AvgIpc) is 3.03. The van der Waals surface area contributed by atoms with Crippen LogP contribution in [0.3, 0.4) is 0 Å². The van der Waals surface area contributed by atoms with Crippen molar-refractivity contribution in [2.24, 2.45) is 5.73 Å². The quantitative estimate of drug-likeness (QED) is 0.651. The zero-order valence-electron chi connectivity index (χ0n) is 14.4. The highest BCUT2D eigenvalue weighted by Crippen LogP contribution is 2.30. The van der Waals surface area contributed by atoms with Gasteiger partial charge in [0.15, 0.2) is 9.84 Å². The van der Waals surface area contributed by atoms with E-state index in [9.17, 15) is 16.8 Å². The van der Waals surface area contributed by atoms with Crippen LogP contribution in [0.1, 0.15) is 32.6 Å². The van der Waals surface area contributed by atoms with E-state index in [1.54, 1.807) is 6.92 Å². The predicted octanol–water partition coefficient (Wildman–Crippen LogP) is 1.05. The van der Waals surface area contributed by atoms with Crippen LogP contribution in [0.25, 0.3) is 0 Å². The minimum absolute atomic E-state index is 0.0385. The molecule has 1 saturated carbocycles. The van der Waals surface area contributed by atoms with Gasteiger partial charge >= 0.3 is 0 Å². The second-order valence-electron chi connectivity index (χ2n) is 6.35. The maximum Gasteiger partial charge on any atom is 0.241 e. The van der Waals surface area contributed by atoms with Crippen LogP contribution in [0.5, 0.6) is 5.75 Å². The SMILES string of the molecule is CCS(=O)(=O)CCOc1ccc(S(=O)(=O)NC2(CN)CCCC2)cc1. The highest BCUT2D eigenvalue weighted by atomic mass is 32.2. The molecule has 1 aromatic rings. The van der Waals surface area contributed by atoms with E-state index in [1.165, 1.54) is 24.3 Å². The fourth-order valence-corrected chi connectivity index (χ4v) is 4.99. The van der Waals surface area contributed by atoms with Gasteiger partial charge in [0, 0.05) is 17.8 Å². The summed E-state index contributed by atoms with van der Waals surface area (Å²) in [4.78, 5) is 0.140. The first-order chi connectivity index (χ1) is 11.7. The highest BCUT2D eigenvalue weighted by molar-refractivity contribution is 7.91. The normalized spacial score (nSPS) is 17.5. The minimum atomic E-state index is -3.66. The number of rotatable bonds is 9. The Hall–Kier alpha value is -1.16. The Labute approximate surface area is 149 Å². The van der Waals surface area contributed by atoms with Gasteiger partial charge in [0.1, 0.15) is 12.4 Å². The summed E-state index contributed by atoms with van der Waals surface area (Å²) in [5, 5.41) is 0. The van der Waals surface area contributed by atoms with Gasteiger partial charge in [-0.25, -0.2) is 21.6 Å². The second-order valence-corrected chi connectivity index (χ2v) is 10.5. The first-order valence-corrected chi connectivity index (χ1v) is 11.7. The lowest BCUT2D eigenvalue weighted by molar-refractivity contribution is 0.340. The molecule has 3 N–H and O–H groups in total. The Bertz CT molecular complexity index is 767. The maximum atomic E-state index is 12.6. The fourth-order valence-electron chi connectivity index (χ4n) is 2.89. The third-order valence-corrected chi connectivity index (χ3v) is 7.80. The van der Waals surface area contributed by atoms with Gasteiger partial charge < -0.3 is 10.5 Å². The largest absolute Gasteiger partial charge is 0.493 e. The van der Waals surface area contributed by atoms with Crippen molar-refractivity contribution >= 4 is 19.9 Å². The molecule has 2 rings (SSSR count). The predicted molar refractivity (Wildman–Crippen MR) is 96.8 cm³/mol. The number of nitrogens with one attached hydrogen (secondary N) is 1. The Morgan fingerprint density at radius 2 is 1.72 bits per heavy atom. The standard InChI is InChI=1S/C16H26N2O5S2/c1-2-24(19,20)12-11-23-14-5-7-15(8-6-14)25(21,22)18-16(13-17)9-3-4-10-16/h5-8,18H,2-4,9-13,17H2,1H3. The number of sulfone groups is 1. The smallest absolute Gasteiger partial charge is 0.241 e. The third-order valence-electron chi connectivity index (χ3n) is 4.54. The van der Waals surface area contributed by atoms with E-state index >= 15 is 0 Å². The molecule has 1 aliphatic carbocycles. The lowest BCUT2D eigenvalue weighted by Gasteiger charge is -2.28. The third kappa shape index (κ3) is 5.40. The molecule has 7 nitrogen and oxygen atoms in total. The summed E-state index contributed by atoms with van der Waals surface area (Å²) in [6.07, 6.45) is 3.42. The molecule has 0 amide bonds. The zero-order chi connectivity index (χ0) is 18.6. The van der Waals surface area contributed by atoms with Crippen LogP contribution in [-0.4, -0.2) is 47.0 Å². The van der Waals surface area contributed by atoms with Gasteiger partial charge in [-0.3, -0.25) is 0 Å². The molecule has 142 valence electrons. The lowest BCUT2D eigenvalue weighted by Crippen LogP contribution is -2.51. The fraction of sp³-hybridized carbons (Fsp3) is 0.625. The van der Waals surface area contributed by atoms with E-state index < -0.39 is 25.4 Å². The van der Waals surface area contributed by atoms with Gasteiger partial charge in [0.25, 0.3) is 0 Å². The van der Waals surface area contributed by atoms with Crippen LogP contribution < -0.4 is 15.2 Å². The number of sulfonamides is 1. The van der Waals surface area contributed by atoms with E-state index in [4.69, 9.17) is 10.5 Å². The molecule has 0 unspecified atom stereocenters. The van der Waals surface area contributed by atoms with Gasteiger partial charge in [-0.1, -0.05) is 19.8 Å². The Morgan fingerprint density at radius 3 is 2.24 bits per heavy atom. The summed E-state index contributed by atoms with van der Waals surface area (Å²) in [7, 11) is -6.75. The molecule has 0 bridgehead atoms. The Kier molecular flexibility index (Phi) is 6.47. The summed E-state index contributed by atoms with van der Waals surface area (Å²) < 4.78 is 56.1. The van der Waals surface area contributed by atoms with Crippen molar-refractivity contribution in [2.45, 2.75) is 43.0 Å². The first kappa shape index (κ1) is 20.2. The molecule has 0 saturated heterocycles. The van der Waals surface area contributed by atoms with Crippen LogP contribution in [0.2, 0.25) is 0 Å². The van der Waals surface area contributed by atoms with Crippen molar-refractivity contribution in [1.29, 1.82) is 0 Å². The maximum absolute atomic E-state index is 12.6. The molecule has 25 heavy (non-hydrogen) atoms. The Morgan fingerprint density at radius 1 is 1.12 bits per heavy atom. The molecular formula is C16H26N2O5S2. The van der Waals surface area contributed by atoms with E-state index in [0.29, 0.717) is 5.75 Å². The number of hydrogen-bond donors (Lipinski definition) is 2. The molecule has 0 spiro atoms. The van der Waals surface area contributed by atoms with Gasteiger partial charge in [-0.2, -0.15) is 0 Å².